The van der Waals surface area contributed by atoms with Crippen molar-refractivity contribution in [1.29, 1.82) is 0 Å². The highest BCUT2D eigenvalue weighted by Crippen LogP contribution is 2.24. The average Bonchev–Trinajstić information content (AvgIpc) is 3.26. The van der Waals surface area contributed by atoms with Gasteiger partial charge < -0.3 is 5.11 Å². The third-order valence-corrected chi connectivity index (χ3v) is 8.16. The predicted molar refractivity (Wildman–Crippen MR) is 142 cm³/mol. The van der Waals surface area contributed by atoms with Crippen LogP contribution in [0.5, 0.6) is 0 Å². The van der Waals surface area contributed by atoms with E-state index in [0.717, 1.165) is 40.1 Å². The van der Waals surface area contributed by atoms with E-state index in [1.165, 1.54) is 19.1 Å². The molecule has 3 aromatic carbocycles. The lowest BCUT2D eigenvalue weighted by molar-refractivity contribution is 0.101. The average molecular weight is 520 g/mol. The third-order valence-electron chi connectivity index (χ3n) is 6.38. The summed E-state index contributed by atoms with van der Waals surface area (Å²) in [4.78, 5) is 28.3. The molecule has 4 rings (SSSR count). The molecule has 192 valence electrons. The van der Waals surface area contributed by atoms with E-state index >= 15 is 0 Å². The first kappa shape index (κ1) is 26.1. The zero-order chi connectivity index (χ0) is 26.7. The van der Waals surface area contributed by atoms with Crippen LogP contribution in [0.3, 0.4) is 0 Å². The maximum Gasteiger partial charge on any atom is 0.421 e. The summed E-state index contributed by atoms with van der Waals surface area (Å²) in [5, 5.41) is 9.65. The largest absolute Gasteiger partial charge is 0.464 e. The molecular formula is C28H29N3O5S. The highest BCUT2D eigenvalue weighted by molar-refractivity contribution is 7.89. The van der Waals surface area contributed by atoms with Crippen molar-refractivity contribution >= 4 is 32.9 Å². The number of carbonyl (C=O) groups is 2. The minimum absolute atomic E-state index is 0.0192. The molecule has 0 radical (unpaired) electrons. The van der Waals surface area contributed by atoms with Crippen LogP contribution in [0, 0.1) is 0 Å². The Hall–Kier alpha value is -3.98. The summed E-state index contributed by atoms with van der Waals surface area (Å²) in [5.41, 5.74) is 4.87. The number of rotatable bonds is 9. The van der Waals surface area contributed by atoms with E-state index in [0.29, 0.717) is 16.3 Å². The Morgan fingerprint density at radius 2 is 1.57 bits per heavy atom. The van der Waals surface area contributed by atoms with E-state index in [1.807, 2.05) is 48.7 Å². The molecule has 0 saturated carbocycles. The summed E-state index contributed by atoms with van der Waals surface area (Å²) in [6.45, 7) is 5.29. The van der Waals surface area contributed by atoms with Crippen LogP contribution >= 0.6 is 0 Å². The van der Waals surface area contributed by atoms with Crippen LogP contribution in [-0.2, 0) is 29.3 Å². The minimum Gasteiger partial charge on any atom is -0.464 e. The number of carbonyl (C=O) groups excluding carboxylic acids is 1. The number of hydrogen-bond donors (Lipinski definition) is 1. The molecule has 37 heavy (non-hydrogen) atoms. The highest BCUT2D eigenvalue weighted by atomic mass is 32.2. The van der Waals surface area contributed by atoms with Gasteiger partial charge >= 0.3 is 6.09 Å². The van der Waals surface area contributed by atoms with E-state index in [4.69, 9.17) is 4.98 Å². The lowest BCUT2D eigenvalue weighted by Crippen LogP contribution is -2.37. The number of carboxylic acid groups (broad SMARTS) is 1. The quantitative estimate of drug-likeness (QED) is 0.302. The van der Waals surface area contributed by atoms with Crippen molar-refractivity contribution in [3.63, 3.8) is 0 Å². The Balaban J connectivity index is 1.56. The van der Waals surface area contributed by atoms with Crippen LogP contribution in [0.4, 0.5) is 4.79 Å². The number of aromatic nitrogens is 2. The maximum absolute atomic E-state index is 13.0. The van der Waals surface area contributed by atoms with Crippen LogP contribution in [0.15, 0.2) is 71.6 Å². The van der Waals surface area contributed by atoms with E-state index < -0.39 is 16.1 Å². The third kappa shape index (κ3) is 5.27. The van der Waals surface area contributed by atoms with Gasteiger partial charge in [-0.05, 0) is 73.4 Å². The van der Waals surface area contributed by atoms with Crippen molar-refractivity contribution < 1.29 is 23.1 Å². The fourth-order valence-corrected chi connectivity index (χ4v) is 5.53. The lowest BCUT2D eigenvalue weighted by Gasteiger charge is -2.19. The van der Waals surface area contributed by atoms with Gasteiger partial charge in [-0.15, -0.1) is 0 Å². The van der Waals surface area contributed by atoms with Crippen LogP contribution in [0.2, 0.25) is 0 Å². The molecule has 0 saturated heterocycles. The molecule has 0 aliphatic heterocycles. The normalized spacial score (nSPS) is 11.5. The number of amides is 1. The fraction of sp³-hybridized carbons (Fsp3) is 0.250. The molecule has 0 unspecified atom stereocenters. The molecule has 1 amide bonds. The molecular weight excluding hydrogens is 490 g/mol. The molecule has 4 aromatic rings. The second kappa shape index (κ2) is 10.6. The number of ketones is 1. The molecule has 0 bridgehead atoms. The topological polar surface area (TPSA) is 110 Å². The van der Waals surface area contributed by atoms with E-state index in [1.54, 1.807) is 24.3 Å². The van der Waals surface area contributed by atoms with Crippen LogP contribution < -0.4 is 0 Å². The van der Waals surface area contributed by atoms with Gasteiger partial charge in [0.25, 0.3) is 10.0 Å². The Labute approximate surface area is 216 Å². The standard InChI is InChI=1S/C28H29N3O5S/c1-4-20-8-13-24(14-9-20)37(35,36)30(28(33)34)17-16-21-6-11-23(12-7-21)31-26-15-10-22(19(3)32)18-25(26)29-27(31)5-2/h6-15,18H,4-5,16-17H2,1-3H3,(H,33,34). The van der Waals surface area contributed by atoms with Gasteiger partial charge in [0.1, 0.15) is 5.82 Å². The Morgan fingerprint density at radius 3 is 2.14 bits per heavy atom. The summed E-state index contributed by atoms with van der Waals surface area (Å²) in [6, 6.07) is 19.2. The second-order valence-corrected chi connectivity index (χ2v) is 10.6. The number of nitrogens with zero attached hydrogens (tertiary/aromatic N) is 3. The molecule has 1 N–H and O–H groups in total. The zero-order valence-corrected chi connectivity index (χ0v) is 21.8. The van der Waals surface area contributed by atoms with Crippen LogP contribution in [0.1, 0.15) is 48.1 Å². The van der Waals surface area contributed by atoms with Gasteiger partial charge in [0.05, 0.1) is 15.9 Å². The number of aryl methyl sites for hydroxylation is 2. The van der Waals surface area contributed by atoms with Gasteiger partial charge in [-0.25, -0.2) is 22.5 Å². The van der Waals surface area contributed by atoms with Crippen LogP contribution in [0.25, 0.3) is 16.7 Å². The Kier molecular flexibility index (Phi) is 7.45. The molecule has 0 spiro atoms. The van der Waals surface area contributed by atoms with Gasteiger partial charge in [-0.2, -0.15) is 0 Å². The van der Waals surface area contributed by atoms with Crippen molar-refractivity contribution in [1.82, 2.24) is 13.9 Å². The molecule has 0 atom stereocenters. The summed E-state index contributed by atoms with van der Waals surface area (Å²) in [5.74, 6) is 0.829. The predicted octanol–water partition coefficient (Wildman–Crippen LogP) is 5.26. The van der Waals surface area contributed by atoms with Crippen molar-refractivity contribution in [2.24, 2.45) is 0 Å². The van der Waals surface area contributed by atoms with E-state index in [-0.39, 0.29) is 23.6 Å². The molecule has 1 aromatic heterocycles. The summed E-state index contributed by atoms with van der Waals surface area (Å²) >= 11 is 0. The highest BCUT2D eigenvalue weighted by Gasteiger charge is 2.28. The van der Waals surface area contributed by atoms with Crippen molar-refractivity contribution in [3.05, 3.63) is 89.2 Å². The van der Waals surface area contributed by atoms with Gasteiger partial charge in [0.15, 0.2) is 5.78 Å². The van der Waals surface area contributed by atoms with Gasteiger partial charge in [0.2, 0.25) is 0 Å². The number of benzene rings is 3. The minimum atomic E-state index is -4.18. The number of sulfonamides is 1. The zero-order valence-electron chi connectivity index (χ0n) is 21.0. The smallest absolute Gasteiger partial charge is 0.421 e. The molecule has 1 heterocycles. The molecule has 0 fully saturated rings. The van der Waals surface area contributed by atoms with Crippen LogP contribution in [-0.4, -0.2) is 45.8 Å². The Bertz CT molecular complexity index is 1560. The summed E-state index contributed by atoms with van der Waals surface area (Å²) in [7, 11) is -4.18. The molecule has 8 nitrogen and oxygen atoms in total. The first-order chi connectivity index (χ1) is 17.6. The molecule has 0 aliphatic rings. The maximum atomic E-state index is 13.0. The number of hydrogen-bond acceptors (Lipinski definition) is 5. The lowest BCUT2D eigenvalue weighted by atomic mass is 10.1. The van der Waals surface area contributed by atoms with Crippen molar-refractivity contribution in [3.8, 4) is 5.69 Å². The Morgan fingerprint density at radius 1 is 0.919 bits per heavy atom. The molecule has 0 aliphatic carbocycles. The van der Waals surface area contributed by atoms with E-state index in [2.05, 4.69) is 0 Å². The summed E-state index contributed by atoms with van der Waals surface area (Å²) in [6.07, 6.45) is 0.161. The SMILES string of the molecule is CCc1ccc(S(=O)(=O)N(CCc2ccc(-n3c(CC)nc4cc(C(C)=O)ccc43)cc2)C(=O)O)cc1. The van der Waals surface area contributed by atoms with Gasteiger partial charge in [0, 0.05) is 24.2 Å². The van der Waals surface area contributed by atoms with E-state index in [9.17, 15) is 23.1 Å². The first-order valence-corrected chi connectivity index (χ1v) is 13.6. The molecule has 9 heteroatoms. The second-order valence-electron chi connectivity index (χ2n) is 8.75. The summed E-state index contributed by atoms with van der Waals surface area (Å²) < 4.78 is 28.5. The number of fused-ring (bicyclic) bond motifs is 1. The number of Topliss-reactive ketones (excluding diaryl/α,β-unsaturated/α-hetero) is 1. The fourth-order valence-electron chi connectivity index (χ4n) is 4.26. The van der Waals surface area contributed by atoms with Gasteiger partial charge in [-0.1, -0.05) is 38.1 Å². The van der Waals surface area contributed by atoms with Crippen molar-refractivity contribution in [2.45, 2.75) is 44.9 Å². The monoisotopic (exact) mass is 519 g/mol. The van der Waals surface area contributed by atoms with Gasteiger partial charge in [-0.3, -0.25) is 9.36 Å². The number of imidazole rings is 1. The van der Waals surface area contributed by atoms with Crippen molar-refractivity contribution in [2.75, 3.05) is 6.54 Å². The first-order valence-electron chi connectivity index (χ1n) is 12.1.